The molecule has 0 saturated carbocycles. The monoisotopic (exact) mass is 314 g/mol. The summed E-state index contributed by atoms with van der Waals surface area (Å²) in [6, 6.07) is 1.83. The van der Waals surface area contributed by atoms with Crippen LogP contribution in [0.1, 0.15) is 33.0 Å². The van der Waals surface area contributed by atoms with Crippen molar-refractivity contribution in [2.75, 3.05) is 16.8 Å². The third-order valence-electron chi connectivity index (χ3n) is 4.05. The number of aromatic nitrogens is 4. The Hall–Kier alpha value is -2.44. The van der Waals surface area contributed by atoms with Crippen LogP contribution in [-0.4, -0.2) is 32.2 Å². The third kappa shape index (κ3) is 3.04. The molecule has 1 aliphatic heterocycles. The van der Waals surface area contributed by atoms with Crippen LogP contribution in [0.5, 0.6) is 0 Å². The van der Waals surface area contributed by atoms with Crippen LogP contribution in [0.25, 0.3) is 0 Å². The highest BCUT2D eigenvalue weighted by Crippen LogP contribution is 2.34. The number of hydrogen-bond acceptors (Lipinski definition) is 5. The maximum absolute atomic E-state index is 12.4. The van der Waals surface area contributed by atoms with Crippen molar-refractivity contribution in [1.29, 1.82) is 0 Å². The minimum atomic E-state index is -0.505. The molecule has 0 unspecified atom stereocenters. The number of pyridine rings is 1. The van der Waals surface area contributed by atoms with Crippen LogP contribution in [0.15, 0.2) is 24.8 Å². The van der Waals surface area contributed by atoms with E-state index in [4.69, 9.17) is 0 Å². The van der Waals surface area contributed by atoms with Crippen molar-refractivity contribution in [2.45, 2.75) is 40.3 Å². The van der Waals surface area contributed by atoms with E-state index in [0.29, 0.717) is 13.1 Å². The molecule has 0 fully saturated rings. The van der Waals surface area contributed by atoms with Gasteiger partial charge in [0.1, 0.15) is 12.2 Å². The van der Waals surface area contributed by atoms with Gasteiger partial charge in [-0.3, -0.25) is 9.78 Å². The van der Waals surface area contributed by atoms with E-state index in [1.54, 1.807) is 18.7 Å². The van der Waals surface area contributed by atoms with Crippen LogP contribution in [0.4, 0.5) is 11.4 Å². The first-order chi connectivity index (χ1) is 11.0. The number of nitrogens with one attached hydrogen (secondary N) is 1. The second-order valence-electron chi connectivity index (χ2n) is 6.49. The Balaban J connectivity index is 1.96. The molecule has 122 valence electrons. The number of nitrogens with zero attached hydrogens (tertiary/aromatic N) is 5. The van der Waals surface area contributed by atoms with Crippen LogP contribution in [-0.2, 0) is 17.9 Å². The van der Waals surface area contributed by atoms with Crippen LogP contribution >= 0.6 is 0 Å². The van der Waals surface area contributed by atoms with Gasteiger partial charge in [-0.15, -0.1) is 0 Å². The summed E-state index contributed by atoms with van der Waals surface area (Å²) >= 11 is 0. The summed E-state index contributed by atoms with van der Waals surface area (Å²) in [5, 5.41) is 7.28. The zero-order valence-electron chi connectivity index (χ0n) is 13.8. The van der Waals surface area contributed by atoms with Gasteiger partial charge >= 0.3 is 0 Å². The van der Waals surface area contributed by atoms with Crippen molar-refractivity contribution < 1.29 is 4.79 Å². The fourth-order valence-corrected chi connectivity index (χ4v) is 2.79. The molecule has 1 aliphatic rings. The first-order valence-electron chi connectivity index (χ1n) is 7.88. The Morgan fingerprint density at radius 2 is 2.22 bits per heavy atom. The Morgan fingerprint density at radius 1 is 1.39 bits per heavy atom. The molecule has 0 aliphatic carbocycles. The minimum absolute atomic E-state index is 0.0162. The fourth-order valence-electron chi connectivity index (χ4n) is 2.79. The summed E-state index contributed by atoms with van der Waals surface area (Å²) in [7, 11) is 0. The lowest BCUT2D eigenvalue weighted by molar-refractivity contribution is -0.123. The second kappa shape index (κ2) is 5.98. The Kier molecular flexibility index (Phi) is 4.02. The lowest BCUT2D eigenvalue weighted by Gasteiger charge is -2.29. The van der Waals surface area contributed by atoms with Crippen molar-refractivity contribution in [1.82, 2.24) is 19.7 Å². The average Bonchev–Trinajstić information content (AvgIpc) is 2.90. The van der Waals surface area contributed by atoms with Gasteiger partial charge in [0, 0.05) is 19.3 Å². The van der Waals surface area contributed by atoms with Crippen LogP contribution in [0, 0.1) is 5.41 Å². The van der Waals surface area contributed by atoms with E-state index in [0.717, 1.165) is 30.2 Å². The third-order valence-corrected chi connectivity index (χ3v) is 4.05. The summed E-state index contributed by atoms with van der Waals surface area (Å²) < 4.78 is 1.92. The van der Waals surface area contributed by atoms with Crippen LogP contribution in [0.3, 0.4) is 0 Å². The number of carbonyl (C=O) groups is 1. The summed E-state index contributed by atoms with van der Waals surface area (Å²) in [4.78, 5) is 23.2. The van der Waals surface area contributed by atoms with Gasteiger partial charge in [-0.2, -0.15) is 5.10 Å². The molecule has 3 heterocycles. The number of rotatable bonds is 4. The predicted molar refractivity (Wildman–Crippen MR) is 88.0 cm³/mol. The first kappa shape index (κ1) is 15.5. The normalized spacial score (nSPS) is 16.7. The predicted octanol–water partition coefficient (Wildman–Crippen LogP) is 2.07. The largest absolute Gasteiger partial charge is 0.360 e. The second-order valence-corrected chi connectivity index (χ2v) is 6.49. The van der Waals surface area contributed by atoms with E-state index in [2.05, 4.69) is 32.2 Å². The van der Waals surface area contributed by atoms with Crippen LogP contribution < -0.4 is 10.2 Å². The molecule has 1 amide bonds. The SMILES string of the molecule is CCCn1ncnc1CN1CC(C)(C)C(=O)Nc2ccncc21. The Bertz CT molecular complexity index is 708. The topological polar surface area (TPSA) is 75.9 Å². The Labute approximate surface area is 135 Å². The molecule has 23 heavy (non-hydrogen) atoms. The number of fused-ring (bicyclic) bond motifs is 1. The average molecular weight is 314 g/mol. The highest BCUT2D eigenvalue weighted by atomic mass is 16.2. The van der Waals surface area contributed by atoms with Crippen LogP contribution in [0.2, 0.25) is 0 Å². The first-order valence-corrected chi connectivity index (χ1v) is 7.88. The van der Waals surface area contributed by atoms with Gasteiger partial charge in [0.2, 0.25) is 5.91 Å². The number of amides is 1. The molecule has 0 bridgehead atoms. The van der Waals surface area contributed by atoms with E-state index in [-0.39, 0.29) is 5.91 Å². The smallest absolute Gasteiger partial charge is 0.231 e. The van der Waals surface area contributed by atoms with Crippen molar-refractivity contribution >= 4 is 17.3 Å². The molecule has 0 atom stereocenters. The van der Waals surface area contributed by atoms with Gasteiger partial charge in [-0.1, -0.05) is 6.92 Å². The van der Waals surface area contributed by atoms with Gasteiger partial charge in [-0.25, -0.2) is 9.67 Å². The number of carbonyl (C=O) groups excluding carboxylic acids is 1. The van der Waals surface area contributed by atoms with Crippen molar-refractivity contribution in [2.24, 2.45) is 5.41 Å². The lowest BCUT2D eigenvalue weighted by Crippen LogP contribution is -2.39. The molecular weight excluding hydrogens is 292 g/mol. The molecular formula is C16H22N6O. The molecule has 7 nitrogen and oxygen atoms in total. The van der Waals surface area contributed by atoms with E-state index < -0.39 is 5.41 Å². The molecule has 1 N–H and O–H groups in total. The molecule has 0 aromatic carbocycles. The molecule has 0 spiro atoms. The maximum atomic E-state index is 12.4. The minimum Gasteiger partial charge on any atom is -0.360 e. The maximum Gasteiger partial charge on any atom is 0.231 e. The highest BCUT2D eigenvalue weighted by Gasteiger charge is 2.35. The molecule has 2 aromatic rings. The molecule has 2 aromatic heterocycles. The van der Waals surface area contributed by atoms with E-state index >= 15 is 0 Å². The Morgan fingerprint density at radius 3 is 3.00 bits per heavy atom. The number of aryl methyl sites for hydroxylation is 1. The lowest BCUT2D eigenvalue weighted by atomic mass is 9.92. The fraction of sp³-hybridized carbons (Fsp3) is 0.500. The highest BCUT2D eigenvalue weighted by molar-refractivity contribution is 5.99. The van der Waals surface area contributed by atoms with Gasteiger partial charge in [0.25, 0.3) is 0 Å². The van der Waals surface area contributed by atoms with Gasteiger partial charge < -0.3 is 10.2 Å². The van der Waals surface area contributed by atoms with E-state index in [1.807, 2.05) is 24.6 Å². The summed E-state index contributed by atoms with van der Waals surface area (Å²) in [5.74, 6) is 0.911. The molecule has 0 saturated heterocycles. The number of hydrogen-bond donors (Lipinski definition) is 1. The van der Waals surface area contributed by atoms with Gasteiger partial charge in [0.05, 0.1) is 29.5 Å². The standard InChI is InChI=1S/C16H22N6O/c1-4-7-22-14(18-11-19-22)9-21-10-16(2,3)15(23)20-12-5-6-17-8-13(12)21/h5-6,8,11H,4,7,9-10H2,1-3H3,(H,20,23). The van der Waals surface area contributed by atoms with Crippen molar-refractivity contribution in [3.05, 3.63) is 30.6 Å². The zero-order valence-corrected chi connectivity index (χ0v) is 13.8. The van der Waals surface area contributed by atoms with E-state index in [9.17, 15) is 4.79 Å². The molecule has 0 radical (unpaired) electrons. The molecule has 3 rings (SSSR count). The van der Waals surface area contributed by atoms with Gasteiger partial charge in [-0.05, 0) is 26.3 Å². The quantitative estimate of drug-likeness (QED) is 0.935. The molecule has 7 heteroatoms. The summed E-state index contributed by atoms with van der Waals surface area (Å²) in [5.41, 5.74) is 1.20. The summed E-state index contributed by atoms with van der Waals surface area (Å²) in [6.45, 7) is 8.04. The summed E-state index contributed by atoms with van der Waals surface area (Å²) in [6.07, 6.45) is 6.06. The number of anilines is 2. The van der Waals surface area contributed by atoms with Crippen molar-refractivity contribution in [3.63, 3.8) is 0 Å². The van der Waals surface area contributed by atoms with Gasteiger partial charge in [0.15, 0.2) is 0 Å². The zero-order chi connectivity index (χ0) is 16.4. The van der Waals surface area contributed by atoms with E-state index in [1.165, 1.54) is 0 Å². The van der Waals surface area contributed by atoms with Crippen molar-refractivity contribution in [3.8, 4) is 0 Å².